The van der Waals surface area contributed by atoms with E-state index in [1.807, 2.05) is 13.0 Å². The van der Waals surface area contributed by atoms with Crippen molar-refractivity contribution in [2.75, 3.05) is 5.32 Å². The number of hydrogen-bond acceptors (Lipinski definition) is 3. The molecule has 0 aromatic carbocycles. The van der Waals surface area contributed by atoms with Gasteiger partial charge in [0.25, 0.3) is 0 Å². The van der Waals surface area contributed by atoms with Crippen molar-refractivity contribution in [3.05, 3.63) is 23.4 Å². The zero-order valence-electron chi connectivity index (χ0n) is 10.6. The molecule has 1 aliphatic carbocycles. The van der Waals surface area contributed by atoms with E-state index in [0.717, 1.165) is 24.2 Å². The number of nitrogens with zero attached hydrogens (tertiary/aromatic N) is 2. The van der Waals surface area contributed by atoms with Crippen LogP contribution >= 0.6 is 0 Å². The Bertz CT molecular complexity index is 439. The highest BCUT2D eigenvalue weighted by atomic mass is 15.1. The second-order valence-corrected chi connectivity index (χ2v) is 5.21. The summed E-state index contributed by atoms with van der Waals surface area (Å²) in [5.41, 5.74) is 1.77. The minimum Gasteiger partial charge on any atom is -0.364 e. The van der Waals surface area contributed by atoms with Gasteiger partial charge in [-0.1, -0.05) is 19.3 Å². The summed E-state index contributed by atoms with van der Waals surface area (Å²) in [5.74, 6) is 0.747. The fraction of sp³-hybridized carbons (Fsp3) is 0.571. The van der Waals surface area contributed by atoms with Crippen LogP contribution in [0.25, 0.3) is 0 Å². The molecule has 1 saturated carbocycles. The Hall–Kier alpha value is -1.56. The summed E-state index contributed by atoms with van der Waals surface area (Å²) in [6.07, 6.45) is 7.93. The minimum atomic E-state index is 0.102. The number of rotatable bonds is 2. The van der Waals surface area contributed by atoms with Gasteiger partial charge in [0.05, 0.1) is 5.56 Å². The van der Waals surface area contributed by atoms with Gasteiger partial charge in [0.15, 0.2) is 0 Å². The third-order valence-corrected chi connectivity index (χ3v) is 3.65. The van der Waals surface area contributed by atoms with Gasteiger partial charge in [-0.15, -0.1) is 0 Å². The largest absolute Gasteiger partial charge is 0.364 e. The standard InChI is InChI=1S/C14H19N3/c1-11-6-9-16-13(12(11)10-15)17-14(2)7-4-3-5-8-14/h6,9H,3-5,7-8H2,1-2H3,(H,16,17). The second kappa shape index (κ2) is 4.75. The summed E-state index contributed by atoms with van der Waals surface area (Å²) in [6.45, 7) is 4.19. The SMILES string of the molecule is Cc1ccnc(NC2(C)CCCCC2)c1C#N. The molecule has 3 nitrogen and oxygen atoms in total. The van der Waals surface area contributed by atoms with Crippen LogP contribution in [0.3, 0.4) is 0 Å². The van der Waals surface area contributed by atoms with Gasteiger partial charge in [-0.3, -0.25) is 0 Å². The van der Waals surface area contributed by atoms with E-state index in [2.05, 4.69) is 23.3 Å². The van der Waals surface area contributed by atoms with Crippen LogP contribution in [-0.2, 0) is 0 Å². The molecule has 2 rings (SSSR count). The lowest BCUT2D eigenvalue weighted by Crippen LogP contribution is -2.37. The molecule has 90 valence electrons. The van der Waals surface area contributed by atoms with Gasteiger partial charge in [0, 0.05) is 11.7 Å². The highest BCUT2D eigenvalue weighted by Crippen LogP contribution is 2.31. The maximum Gasteiger partial charge on any atom is 0.144 e. The average molecular weight is 229 g/mol. The van der Waals surface area contributed by atoms with Crippen LogP contribution in [0, 0.1) is 18.3 Å². The molecule has 0 atom stereocenters. The van der Waals surface area contributed by atoms with Crippen molar-refractivity contribution in [2.24, 2.45) is 0 Å². The monoisotopic (exact) mass is 229 g/mol. The van der Waals surface area contributed by atoms with E-state index in [-0.39, 0.29) is 5.54 Å². The van der Waals surface area contributed by atoms with Crippen LogP contribution in [0.2, 0.25) is 0 Å². The predicted octanol–water partition coefficient (Wildman–Crippen LogP) is 3.40. The van der Waals surface area contributed by atoms with Gasteiger partial charge in [0.1, 0.15) is 11.9 Å². The molecule has 0 unspecified atom stereocenters. The average Bonchev–Trinajstić information content (AvgIpc) is 2.30. The Morgan fingerprint density at radius 1 is 1.35 bits per heavy atom. The van der Waals surface area contributed by atoms with Gasteiger partial charge >= 0.3 is 0 Å². The number of pyridine rings is 1. The van der Waals surface area contributed by atoms with Crippen LogP contribution in [0.15, 0.2) is 12.3 Å². The number of nitriles is 1. The van der Waals surface area contributed by atoms with Crippen molar-refractivity contribution >= 4 is 5.82 Å². The summed E-state index contributed by atoms with van der Waals surface area (Å²) in [4.78, 5) is 4.32. The van der Waals surface area contributed by atoms with Crippen molar-refractivity contribution in [1.29, 1.82) is 5.26 Å². The van der Waals surface area contributed by atoms with E-state index in [0.29, 0.717) is 5.56 Å². The van der Waals surface area contributed by atoms with Crippen molar-refractivity contribution in [3.63, 3.8) is 0 Å². The van der Waals surface area contributed by atoms with Crippen molar-refractivity contribution in [3.8, 4) is 6.07 Å². The van der Waals surface area contributed by atoms with Crippen LogP contribution in [-0.4, -0.2) is 10.5 Å². The van der Waals surface area contributed by atoms with E-state index < -0.39 is 0 Å². The summed E-state index contributed by atoms with van der Waals surface area (Å²) in [7, 11) is 0. The first-order valence-corrected chi connectivity index (χ1v) is 6.28. The van der Waals surface area contributed by atoms with Crippen LogP contribution < -0.4 is 5.32 Å². The lowest BCUT2D eigenvalue weighted by Gasteiger charge is -2.35. The Morgan fingerprint density at radius 3 is 2.71 bits per heavy atom. The van der Waals surface area contributed by atoms with Gasteiger partial charge in [-0.2, -0.15) is 5.26 Å². The van der Waals surface area contributed by atoms with Gasteiger partial charge in [0.2, 0.25) is 0 Å². The fourth-order valence-electron chi connectivity index (χ4n) is 2.54. The number of hydrogen-bond donors (Lipinski definition) is 1. The Morgan fingerprint density at radius 2 is 2.06 bits per heavy atom. The molecule has 0 bridgehead atoms. The van der Waals surface area contributed by atoms with E-state index in [1.54, 1.807) is 6.20 Å². The molecule has 1 aromatic rings. The highest BCUT2D eigenvalue weighted by molar-refractivity contribution is 5.56. The smallest absolute Gasteiger partial charge is 0.144 e. The number of aryl methyl sites for hydroxylation is 1. The first-order chi connectivity index (χ1) is 8.14. The molecule has 0 radical (unpaired) electrons. The molecule has 0 amide bonds. The molecule has 1 aromatic heterocycles. The summed E-state index contributed by atoms with van der Waals surface area (Å²) in [6, 6.07) is 4.13. The van der Waals surface area contributed by atoms with Gasteiger partial charge in [-0.05, 0) is 38.3 Å². The van der Waals surface area contributed by atoms with Crippen molar-refractivity contribution in [2.45, 2.75) is 51.5 Å². The van der Waals surface area contributed by atoms with E-state index in [1.165, 1.54) is 19.3 Å². The quantitative estimate of drug-likeness (QED) is 0.845. The zero-order chi connectivity index (χ0) is 12.3. The summed E-state index contributed by atoms with van der Waals surface area (Å²) >= 11 is 0. The second-order valence-electron chi connectivity index (χ2n) is 5.21. The maximum absolute atomic E-state index is 9.18. The molecule has 1 fully saturated rings. The molecule has 3 heteroatoms. The molecular weight excluding hydrogens is 210 g/mol. The minimum absolute atomic E-state index is 0.102. The van der Waals surface area contributed by atoms with E-state index >= 15 is 0 Å². The zero-order valence-corrected chi connectivity index (χ0v) is 10.6. The van der Waals surface area contributed by atoms with Crippen LogP contribution in [0.5, 0.6) is 0 Å². The lowest BCUT2D eigenvalue weighted by atomic mass is 9.83. The number of nitrogens with one attached hydrogen (secondary N) is 1. The number of anilines is 1. The molecule has 0 aliphatic heterocycles. The molecule has 17 heavy (non-hydrogen) atoms. The molecule has 1 N–H and O–H groups in total. The number of aromatic nitrogens is 1. The molecule has 1 heterocycles. The molecular formula is C14H19N3. The summed E-state index contributed by atoms with van der Waals surface area (Å²) in [5, 5.41) is 12.7. The van der Waals surface area contributed by atoms with Crippen LogP contribution in [0.4, 0.5) is 5.82 Å². The first-order valence-electron chi connectivity index (χ1n) is 6.28. The molecule has 0 saturated heterocycles. The maximum atomic E-state index is 9.18. The fourth-order valence-corrected chi connectivity index (χ4v) is 2.54. The molecule has 0 spiro atoms. The topological polar surface area (TPSA) is 48.7 Å². The van der Waals surface area contributed by atoms with Gasteiger partial charge in [-0.25, -0.2) is 4.98 Å². The van der Waals surface area contributed by atoms with Crippen molar-refractivity contribution in [1.82, 2.24) is 4.98 Å². The van der Waals surface area contributed by atoms with Crippen LogP contribution in [0.1, 0.15) is 50.2 Å². The Balaban J connectivity index is 2.24. The predicted molar refractivity (Wildman–Crippen MR) is 68.8 cm³/mol. The third-order valence-electron chi connectivity index (χ3n) is 3.65. The van der Waals surface area contributed by atoms with Gasteiger partial charge < -0.3 is 5.32 Å². The van der Waals surface area contributed by atoms with E-state index in [4.69, 9.17) is 0 Å². The van der Waals surface area contributed by atoms with Crippen molar-refractivity contribution < 1.29 is 0 Å². The Labute approximate surface area is 103 Å². The Kier molecular flexibility index (Phi) is 3.33. The third kappa shape index (κ3) is 2.58. The summed E-state index contributed by atoms with van der Waals surface area (Å²) < 4.78 is 0. The highest BCUT2D eigenvalue weighted by Gasteiger charge is 2.27. The molecule has 1 aliphatic rings. The lowest BCUT2D eigenvalue weighted by molar-refractivity contribution is 0.348. The normalized spacial score (nSPS) is 18.4. The van der Waals surface area contributed by atoms with E-state index in [9.17, 15) is 5.26 Å². The first kappa shape index (κ1) is 11.9.